The van der Waals surface area contributed by atoms with E-state index in [0.29, 0.717) is 0 Å². The van der Waals surface area contributed by atoms with Crippen molar-refractivity contribution in [2.45, 2.75) is 37.5 Å². The molecular formula is C52H41NS. The third kappa shape index (κ3) is 4.44. The highest BCUT2D eigenvalue weighted by atomic mass is 32.1. The van der Waals surface area contributed by atoms with E-state index >= 15 is 0 Å². The van der Waals surface area contributed by atoms with Gasteiger partial charge >= 0.3 is 0 Å². The SMILES string of the molecule is c1ccc(-c2ccccc2N(c2ccc(-c3ccc4c(c3)sc3ccccc34)cc2)c2ccc3c(c2)C2(c4ccccc4-3)C3CC4CC(C3)CC2C4)cc1. The Morgan fingerprint density at radius 3 is 1.87 bits per heavy atom. The first-order valence-corrected chi connectivity index (χ1v) is 20.7. The van der Waals surface area contributed by atoms with E-state index in [-0.39, 0.29) is 5.41 Å². The molecule has 7 aromatic carbocycles. The first kappa shape index (κ1) is 31.0. The lowest BCUT2D eigenvalue weighted by atomic mass is 9.43. The third-order valence-electron chi connectivity index (χ3n) is 13.9. The van der Waals surface area contributed by atoms with Crippen molar-refractivity contribution in [3.8, 4) is 33.4 Å². The summed E-state index contributed by atoms with van der Waals surface area (Å²) in [6.45, 7) is 0. The Balaban J connectivity index is 1.02. The van der Waals surface area contributed by atoms with Gasteiger partial charge in [-0.25, -0.2) is 0 Å². The Labute approximate surface area is 321 Å². The molecule has 0 radical (unpaired) electrons. The van der Waals surface area contributed by atoms with E-state index in [1.165, 1.54) is 103 Å². The molecule has 1 spiro atoms. The largest absolute Gasteiger partial charge is 0.310 e. The van der Waals surface area contributed by atoms with Gasteiger partial charge in [-0.1, -0.05) is 121 Å². The molecule has 54 heavy (non-hydrogen) atoms. The number of hydrogen-bond acceptors (Lipinski definition) is 2. The lowest BCUT2D eigenvalue weighted by Gasteiger charge is -2.61. The number of nitrogens with zero attached hydrogens (tertiary/aromatic N) is 1. The van der Waals surface area contributed by atoms with Crippen LogP contribution in [0.4, 0.5) is 17.1 Å². The van der Waals surface area contributed by atoms with Crippen molar-refractivity contribution in [2.75, 3.05) is 4.90 Å². The molecule has 5 aliphatic carbocycles. The smallest absolute Gasteiger partial charge is 0.0540 e. The number of para-hydroxylation sites is 1. The molecule has 8 aromatic rings. The van der Waals surface area contributed by atoms with Crippen LogP contribution in [0.25, 0.3) is 53.6 Å². The normalized spacial score (nSPS) is 23.3. The van der Waals surface area contributed by atoms with Gasteiger partial charge in [0.15, 0.2) is 0 Å². The highest BCUT2D eigenvalue weighted by Crippen LogP contribution is 2.69. The summed E-state index contributed by atoms with van der Waals surface area (Å²) in [7, 11) is 0. The van der Waals surface area contributed by atoms with E-state index < -0.39 is 0 Å². The molecular weight excluding hydrogens is 671 g/mol. The Morgan fingerprint density at radius 1 is 0.426 bits per heavy atom. The van der Waals surface area contributed by atoms with E-state index in [1.54, 1.807) is 11.1 Å². The highest BCUT2D eigenvalue weighted by molar-refractivity contribution is 7.25. The van der Waals surface area contributed by atoms with Gasteiger partial charge < -0.3 is 4.90 Å². The van der Waals surface area contributed by atoms with E-state index in [1.807, 2.05) is 11.3 Å². The number of anilines is 3. The summed E-state index contributed by atoms with van der Waals surface area (Å²) >= 11 is 1.89. The molecule has 13 rings (SSSR count). The number of fused-ring (bicyclic) bond motifs is 6. The second-order valence-electron chi connectivity index (χ2n) is 16.5. The summed E-state index contributed by atoms with van der Waals surface area (Å²) in [6.07, 6.45) is 7.02. The molecule has 0 saturated heterocycles. The van der Waals surface area contributed by atoms with Gasteiger partial charge in [0.2, 0.25) is 0 Å². The van der Waals surface area contributed by atoms with Crippen LogP contribution in [0.1, 0.15) is 43.2 Å². The summed E-state index contributed by atoms with van der Waals surface area (Å²) in [5, 5.41) is 2.69. The van der Waals surface area contributed by atoms with Crippen molar-refractivity contribution in [1.29, 1.82) is 0 Å². The van der Waals surface area contributed by atoms with Gasteiger partial charge in [0.25, 0.3) is 0 Å². The summed E-state index contributed by atoms with van der Waals surface area (Å²) in [6, 6.07) is 61.9. The van der Waals surface area contributed by atoms with E-state index in [2.05, 4.69) is 169 Å². The topological polar surface area (TPSA) is 3.24 Å². The maximum atomic E-state index is 2.63. The second kappa shape index (κ2) is 11.8. The molecule has 2 heteroatoms. The fourth-order valence-electron chi connectivity index (χ4n) is 11.9. The van der Waals surface area contributed by atoms with Gasteiger partial charge in [0.05, 0.1) is 5.69 Å². The molecule has 1 aromatic heterocycles. The molecule has 260 valence electrons. The summed E-state index contributed by atoms with van der Waals surface area (Å²) in [5.74, 6) is 3.30. The Hall–Kier alpha value is -5.44. The van der Waals surface area contributed by atoms with E-state index in [4.69, 9.17) is 0 Å². The number of hydrogen-bond donors (Lipinski definition) is 0. The predicted molar refractivity (Wildman–Crippen MR) is 228 cm³/mol. The van der Waals surface area contributed by atoms with Gasteiger partial charge in [-0.15, -0.1) is 11.3 Å². The average molecular weight is 712 g/mol. The zero-order chi connectivity index (χ0) is 35.4. The maximum absolute atomic E-state index is 2.63. The molecule has 1 nitrogen and oxygen atoms in total. The Bertz CT molecular complexity index is 2710. The van der Waals surface area contributed by atoms with Crippen LogP contribution in [0.2, 0.25) is 0 Å². The van der Waals surface area contributed by atoms with Gasteiger partial charge in [-0.3, -0.25) is 0 Å². The Kier molecular flexibility index (Phi) is 6.75. The molecule has 5 aliphatic rings. The van der Waals surface area contributed by atoms with Gasteiger partial charge in [0, 0.05) is 42.5 Å². The van der Waals surface area contributed by atoms with Crippen LogP contribution in [0.3, 0.4) is 0 Å². The van der Waals surface area contributed by atoms with Gasteiger partial charge in [0.1, 0.15) is 0 Å². The predicted octanol–water partition coefficient (Wildman–Crippen LogP) is 14.6. The van der Waals surface area contributed by atoms with Crippen LogP contribution in [0.15, 0.2) is 164 Å². The summed E-state index contributed by atoms with van der Waals surface area (Å²) in [5.41, 5.74) is 14.9. The summed E-state index contributed by atoms with van der Waals surface area (Å²) < 4.78 is 2.69. The fourth-order valence-corrected chi connectivity index (χ4v) is 13.1. The highest BCUT2D eigenvalue weighted by Gasteiger charge is 2.61. The van der Waals surface area contributed by atoms with E-state index in [9.17, 15) is 0 Å². The van der Waals surface area contributed by atoms with Crippen LogP contribution in [-0.2, 0) is 5.41 Å². The molecule has 4 saturated carbocycles. The molecule has 1 heterocycles. The molecule has 4 fully saturated rings. The van der Waals surface area contributed by atoms with Crippen molar-refractivity contribution in [3.63, 3.8) is 0 Å². The van der Waals surface area contributed by atoms with Crippen LogP contribution >= 0.6 is 11.3 Å². The van der Waals surface area contributed by atoms with Crippen LogP contribution < -0.4 is 4.90 Å². The fraction of sp³-hybridized carbons (Fsp3) is 0.192. The lowest BCUT2D eigenvalue weighted by molar-refractivity contribution is -0.0399. The number of rotatable bonds is 5. The standard InChI is InChI=1S/C52H41NS/c1-2-10-36(11-3-1)42-12-5-8-16-49(42)53(40-21-18-35(19-22-40)37-20-24-46-45-14-6-9-17-50(45)54-51(46)31-37)41-23-25-44-43-13-4-7-15-47(43)52(48(44)32-41)38-27-33-26-34(29-38)30-39(52)28-33/h1-25,31-34,38-39H,26-30H2. The second-order valence-corrected chi connectivity index (χ2v) is 17.6. The molecule has 0 N–H and O–H groups in total. The first-order chi connectivity index (χ1) is 26.7. The minimum absolute atomic E-state index is 0.120. The van der Waals surface area contributed by atoms with Gasteiger partial charge in [-0.2, -0.15) is 0 Å². The molecule has 0 unspecified atom stereocenters. The van der Waals surface area contributed by atoms with Crippen molar-refractivity contribution in [2.24, 2.45) is 23.7 Å². The molecule has 0 atom stereocenters. The van der Waals surface area contributed by atoms with Crippen LogP contribution in [0, 0.1) is 23.7 Å². The van der Waals surface area contributed by atoms with Gasteiger partial charge in [-0.05, 0) is 137 Å². The molecule has 0 amide bonds. The Morgan fingerprint density at radius 2 is 1.06 bits per heavy atom. The van der Waals surface area contributed by atoms with Crippen LogP contribution in [0.5, 0.6) is 0 Å². The first-order valence-electron chi connectivity index (χ1n) is 19.9. The van der Waals surface area contributed by atoms with Crippen molar-refractivity contribution in [3.05, 3.63) is 175 Å². The molecule has 4 bridgehead atoms. The average Bonchev–Trinajstić information content (AvgIpc) is 3.74. The minimum atomic E-state index is 0.120. The maximum Gasteiger partial charge on any atom is 0.0540 e. The van der Waals surface area contributed by atoms with Crippen molar-refractivity contribution >= 4 is 48.6 Å². The third-order valence-corrected chi connectivity index (χ3v) is 15.0. The van der Waals surface area contributed by atoms with E-state index in [0.717, 1.165) is 23.7 Å². The minimum Gasteiger partial charge on any atom is -0.310 e. The van der Waals surface area contributed by atoms with Crippen LogP contribution in [-0.4, -0.2) is 0 Å². The zero-order valence-corrected chi connectivity index (χ0v) is 31.1. The monoisotopic (exact) mass is 711 g/mol. The number of benzene rings is 7. The van der Waals surface area contributed by atoms with Crippen molar-refractivity contribution in [1.82, 2.24) is 0 Å². The number of thiophene rings is 1. The van der Waals surface area contributed by atoms with Crippen molar-refractivity contribution < 1.29 is 0 Å². The molecule has 0 aliphatic heterocycles. The lowest BCUT2D eigenvalue weighted by Crippen LogP contribution is -2.55. The quantitative estimate of drug-likeness (QED) is 0.172. The summed E-state index contributed by atoms with van der Waals surface area (Å²) in [4.78, 5) is 2.54. The zero-order valence-electron chi connectivity index (χ0n) is 30.3.